The first-order chi connectivity index (χ1) is 7.24. The molecule has 2 aromatic rings. The molecule has 0 spiro atoms. The van der Waals surface area contributed by atoms with Crippen molar-refractivity contribution in [3.8, 4) is 5.75 Å². The number of methoxy groups -OCH3 is 1. The van der Waals surface area contributed by atoms with Crippen molar-refractivity contribution in [2.24, 2.45) is 12.8 Å². The van der Waals surface area contributed by atoms with Crippen molar-refractivity contribution >= 4 is 11.3 Å². The zero-order valence-electron chi connectivity index (χ0n) is 8.68. The van der Waals surface area contributed by atoms with Crippen LogP contribution in [0.15, 0.2) is 23.0 Å². The van der Waals surface area contributed by atoms with Crippen molar-refractivity contribution in [3.63, 3.8) is 0 Å². The van der Waals surface area contributed by atoms with Gasteiger partial charge in [-0.1, -0.05) is 0 Å². The molecular weight excluding hydrogens is 210 g/mol. The second-order valence-electron chi connectivity index (χ2n) is 3.26. The van der Waals surface area contributed by atoms with Gasteiger partial charge < -0.3 is 10.5 Å². The van der Waals surface area contributed by atoms with Crippen LogP contribution in [-0.2, 0) is 7.05 Å². The molecule has 80 valence electrons. The normalized spacial score (nSPS) is 12.7. The molecule has 0 amide bonds. The molecule has 4 nitrogen and oxygen atoms in total. The maximum Gasteiger partial charge on any atom is 0.161 e. The summed E-state index contributed by atoms with van der Waals surface area (Å²) >= 11 is 1.63. The van der Waals surface area contributed by atoms with Crippen LogP contribution in [0.25, 0.3) is 0 Å². The Morgan fingerprint density at radius 1 is 1.60 bits per heavy atom. The number of hydrogen-bond donors (Lipinski definition) is 1. The van der Waals surface area contributed by atoms with E-state index in [4.69, 9.17) is 10.5 Å². The largest absolute Gasteiger partial charge is 0.493 e. The van der Waals surface area contributed by atoms with E-state index >= 15 is 0 Å². The van der Waals surface area contributed by atoms with Gasteiger partial charge in [-0.15, -0.1) is 0 Å². The molecule has 1 atom stereocenters. The van der Waals surface area contributed by atoms with E-state index in [1.807, 2.05) is 23.9 Å². The van der Waals surface area contributed by atoms with Crippen LogP contribution in [-0.4, -0.2) is 16.9 Å². The molecule has 15 heavy (non-hydrogen) atoms. The summed E-state index contributed by atoms with van der Waals surface area (Å²) in [5.41, 5.74) is 8.13. The lowest BCUT2D eigenvalue weighted by atomic mass is 10.1. The molecule has 2 rings (SSSR count). The SMILES string of the molecule is COc1cnn(C)c1C(N)c1ccsc1. The number of nitrogens with zero attached hydrogens (tertiary/aromatic N) is 2. The van der Waals surface area contributed by atoms with E-state index in [0.717, 1.165) is 17.0 Å². The summed E-state index contributed by atoms with van der Waals surface area (Å²) in [4.78, 5) is 0. The Kier molecular flexibility index (Phi) is 2.75. The molecule has 2 heterocycles. The molecule has 0 aliphatic rings. The molecule has 2 N–H and O–H groups in total. The maximum atomic E-state index is 6.15. The molecule has 0 fully saturated rings. The third-order valence-electron chi connectivity index (χ3n) is 2.37. The van der Waals surface area contributed by atoms with Gasteiger partial charge in [0, 0.05) is 7.05 Å². The lowest BCUT2D eigenvalue weighted by molar-refractivity contribution is 0.406. The number of hydrogen-bond acceptors (Lipinski definition) is 4. The van der Waals surface area contributed by atoms with Crippen molar-refractivity contribution in [2.75, 3.05) is 7.11 Å². The Bertz CT molecular complexity index is 435. The van der Waals surface area contributed by atoms with E-state index in [-0.39, 0.29) is 6.04 Å². The number of aromatic nitrogens is 2. The van der Waals surface area contributed by atoms with Gasteiger partial charge in [-0.2, -0.15) is 16.4 Å². The molecule has 1 unspecified atom stereocenters. The van der Waals surface area contributed by atoms with E-state index in [1.54, 1.807) is 29.3 Å². The highest BCUT2D eigenvalue weighted by Crippen LogP contribution is 2.28. The van der Waals surface area contributed by atoms with Gasteiger partial charge in [0.15, 0.2) is 5.75 Å². The third kappa shape index (κ3) is 1.75. The lowest BCUT2D eigenvalue weighted by Crippen LogP contribution is -2.16. The molecular formula is C10H13N3OS. The Morgan fingerprint density at radius 2 is 2.40 bits per heavy atom. The van der Waals surface area contributed by atoms with Crippen LogP contribution in [0.2, 0.25) is 0 Å². The number of ether oxygens (including phenoxy) is 1. The van der Waals surface area contributed by atoms with Crippen molar-refractivity contribution in [2.45, 2.75) is 6.04 Å². The number of rotatable bonds is 3. The van der Waals surface area contributed by atoms with Crippen molar-refractivity contribution in [1.82, 2.24) is 9.78 Å². The zero-order valence-corrected chi connectivity index (χ0v) is 9.49. The average molecular weight is 223 g/mol. The van der Waals surface area contributed by atoms with Gasteiger partial charge in [0.1, 0.15) is 5.69 Å². The highest BCUT2D eigenvalue weighted by Gasteiger charge is 2.18. The lowest BCUT2D eigenvalue weighted by Gasteiger charge is -2.12. The smallest absolute Gasteiger partial charge is 0.161 e. The van der Waals surface area contributed by atoms with Crippen LogP contribution in [0.1, 0.15) is 17.3 Å². The van der Waals surface area contributed by atoms with E-state index in [1.165, 1.54) is 0 Å². The molecule has 0 bridgehead atoms. The van der Waals surface area contributed by atoms with Crippen LogP contribution in [0.5, 0.6) is 5.75 Å². The maximum absolute atomic E-state index is 6.15. The predicted octanol–water partition coefficient (Wildman–Crippen LogP) is 1.54. The van der Waals surface area contributed by atoms with Crippen molar-refractivity contribution < 1.29 is 4.74 Å². The number of thiophene rings is 1. The minimum absolute atomic E-state index is 0.182. The first-order valence-electron chi connectivity index (χ1n) is 4.57. The van der Waals surface area contributed by atoms with Crippen LogP contribution in [0, 0.1) is 0 Å². The molecule has 0 saturated heterocycles. The quantitative estimate of drug-likeness (QED) is 0.858. The fourth-order valence-corrected chi connectivity index (χ4v) is 2.25. The first-order valence-corrected chi connectivity index (χ1v) is 5.52. The number of aryl methyl sites for hydroxylation is 1. The summed E-state index contributed by atoms with van der Waals surface area (Å²) in [6.45, 7) is 0. The van der Waals surface area contributed by atoms with Gasteiger partial charge in [-0.05, 0) is 22.4 Å². The van der Waals surface area contributed by atoms with E-state index in [9.17, 15) is 0 Å². The zero-order chi connectivity index (χ0) is 10.8. The molecule has 0 aliphatic carbocycles. The molecule has 0 aromatic carbocycles. The minimum Gasteiger partial charge on any atom is -0.493 e. The molecule has 0 saturated carbocycles. The molecule has 0 aliphatic heterocycles. The van der Waals surface area contributed by atoms with Crippen LogP contribution < -0.4 is 10.5 Å². The Hall–Kier alpha value is -1.33. The summed E-state index contributed by atoms with van der Waals surface area (Å²) in [5.74, 6) is 0.733. The van der Waals surface area contributed by atoms with Gasteiger partial charge >= 0.3 is 0 Å². The summed E-state index contributed by atoms with van der Waals surface area (Å²) in [5, 5.41) is 8.18. The van der Waals surface area contributed by atoms with Gasteiger partial charge in [0.05, 0.1) is 19.3 Å². The summed E-state index contributed by atoms with van der Waals surface area (Å²) in [6, 6.07) is 1.83. The summed E-state index contributed by atoms with van der Waals surface area (Å²) < 4.78 is 6.98. The topological polar surface area (TPSA) is 53.1 Å². The van der Waals surface area contributed by atoms with Gasteiger partial charge in [0.2, 0.25) is 0 Å². The van der Waals surface area contributed by atoms with Gasteiger partial charge in [0.25, 0.3) is 0 Å². The van der Waals surface area contributed by atoms with E-state index in [2.05, 4.69) is 5.10 Å². The molecule has 0 radical (unpaired) electrons. The van der Waals surface area contributed by atoms with Crippen LogP contribution >= 0.6 is 11.3 Å². The first kappa shape index (κ1) is 10.2. The third-order valence-corrected chi connectivity index (χ3v) is 3.07. The average Bonchev–Trinajstić information content (AvgIpc) is 2.85. The van der Waals surface area contributed by atoms with Crippen molar-refractivity contribution in [3.05, 3.63) is 34.3 Å². The predicted molar refractivity (Wildman–Crippen MR) is 60.1 cm³/mol. The molecule has 5 heteroatoms. The second kappa shape index (κ2) is 4.04. The van der Waals surface area contributed by atoms with Gasteiger partial charge in [-0.3, -0.25) is 4.68 Å². The van der Waals surface area contributed by atoms with Crippen LogP contribution in [0.4, 0.5) is 0 Å². The second-order valence-corrected chi connectivity index (χ2v) is 4.04. The molecule has 2 aromatic heterocycles. The fraction of sp³-hybridized carbons (Fsp3) is 0.300. The monoisotopic (exact) mass is 223 g/mol. The highest BCUT2D eigenvalue weighted by molar-refractivity contribution is 7.08. The van der Waals surface area contributed by atoms with E-state index < -0.39 is 0 Å². The fourth-order valence-electron chi connectivity index (χ4n) is 1.55. The summed E-state index contributed by atoms with van der Waals surface area (Å²) in [6.07, 6.45) is 1.68. The van der Waals surface area contributed by atoms with Crippen molar-refractivity contribution in [1.29, 1.82) is 0 Å². The number of nitrogens with two attached hydrogens (primary N) is 1. The van der Waals surface area contributed by atoms with E-state index in [0.29, 0.717) is 0 Å². The van der Waals surface area contributed by atoms with Crippen LogP contribution in [0.3, 0.4) is 0 Å². The minimum atomic E-state index is -0.182. The Morgan fingerprint density at radius 3 is 3.00 bits per heavy atom. The highest BCUT2D eigenvalue weighted by atomic mass is 32.1. The Labute approximate surface area is 92.3 Å². The standard InChI is InChI=1S/C10H13N3OS/c1-13-10(8(14-2)5-12-13)9(11)7-3-4-15-6-7/h3-6,9H,11H2,1-2H3. The Balaban J connectivity index is 2.40. The summed E-state index contributed by atoms with van der Waals surface area (Å²) in [7, 11) is 3.49. The van der Waals surface area contributed by atoms with Gasteiger partial charge in [-0.25, -0.2) is 0 Å².